The SMILES string of the molecule is CCCCC(=O)N1CCc2cc(OC)c(OC)cc2[C@@H]1c1ccccc1. The minimum absolute atomic E-state index is 0.0795. The van der Waals surface area contributed by atoms with Gasteiger partial charge >= 0.3 is 0 Å². The zero-order valence-electron chi connectivity index (χ0n) is 15.8. The van der Waals surface area contributed by atoms with Crippen molar-refractivity contribution >= 4 is 5.91 Å². The molecule has 0 bridgehead atoms. The van der Waals surface area contributed by atoms with Gasteiger partial charge in [0, 0.05) is 13.0 Å². The monoisotopic (exact) mass is 353 g/mol. The second kappa shape index (κ2) is 8.26. The van der Waals surface area contributed by atoms with Crippen molar-refractivity contribution in [2.75, 3.05) is 20.8 Å². The molecule has 138 valence electrons. The molecule has 0 aromatic heterocycles. The van der Waals surface area contributed by atoms with Crippen LogP contribution in [0.15, 0.2) is 42.5 Å². The largest absolute Gasteiger partial charge is 0.493 e. The van der Waals surface area contributed by atoms with E-state index >= 15 is 0 Å². The Morgan fingerprint density at radius 1 is 1.12 bits per heavy atom. The Labute approximate surface area is 155 Å². The number of ether oxygens (including phenoxy) is 2. The fourth-order valence-electron chi connectivity index (χ4n) is 3.68. The number of hydrogen-bond acceptors (Lipinski definition) is 3. The maximum atomic E-state index is 12.9. The van der Waals surface area contributed by atoms with Crippen LogP contribution in [0.2, 0.25) is 0 Å². The Kier molecular flexibility index (Phi) is 5.82. The highest BCUT2D eigenvalue weighted by Crippen LogP contribution is 2.41. The summed E-state index contributed by atoms with van der Waals surface area (Å²) in [6.45, 7) is 2.84. The lowest BCUT2D eigenvalue weighted by atomic mass is 9.87. The first-order valence-electron chi connectivity index (χ1n) is 9.28. The molecular weight excluding hydrogens is 326 g/mol. The fraction of sp³-hybridized carbons (Fsp3) is 0.409. The van der Waals surface area contributed by atoms with Crippen molar-refractivity contribution in [3.8, 4) is 11.5 Å². The summed E-state index contributed by atoms with van der Waals surface area (Å²) in [4.78, 5) is 14.9. The molecule has 1 heterocycles. The molecule has 3 rings (SSSR count). The molecule has 0 radical (unpaired) electrons. The van der Waals surface area contributed by atoms with Crippen molar-refractivity contribution in [2.45, 2.75) is 38.6 Å². The smallest absolute Gasteiger partial charge is 0.223 e. The second-order valence-electron chi connectivity index (χ2n) is 6.66. The third-order valence-electron chi connectivity index (χ3n) is 5.05. The summed E-state index contributed by atoms with van der Waals surface area (Å²) in [5.74, 6) is 1.67. The topological polar surface area (TPSA) is 38.8 Å². The number of methoxy groups -OCH3 is 2. The van der Waals surface area contributed by atoms with E-state index in [1.165, 1.54) is 5.56 Å². The number of amides is 1. The number of unbranched alkanes of at least 4 members (excludes halogenated alkanes) is 1. The molecule has 1 amide bonds. The number of fused-ring (bicyclic) bond motifs is 1. The summed E-state index contributed by atoms with van der Waals surface area (Å²) in [7, 11) is 3.30. The van der Waals surface area contributed by atoms with Gasteiger partial charge in [0.05, 0.1) is 20.3 Å². The van der Waals surface area contributed by atoms with E-state index in [0.717, 1.165) is 42.7 Å². The fourth-order valence-corrected chi connectivity index (χ4v) is 3.68. The molecule has 0 aliphatic carbocycles. The van der Waals surface area contributed by atoms with E-state index < -0.39 is 0 Å². The van der Waals surface area contributed by atoms with E-state index in [9.17, 15) is 4.79 Å². The number of nitrogens with zero attached hydrogens (tertiary/aromatic N) is 1. The standard InChI is InChI=1S/C22H27NO3/c1-4-5-11-21(24)23-13-12-17-14-19(25-2)20(26-3)15-18(17)22(23)16-9-7-6-8-10-16/h6-10,14-15,22H,4-5,11-13H2,1-3H3/t22-/m0/s1. The highest BCUT2D eigenvalue weighted by atomic mass is 16.5. The molecule has 0 fully saturated rings. The van der Waals surface area contributed by atoms with E-state index in [-0.39, 0.29) is 11.9 Å². The van der Waals surface area contributed by atoms with Crippen LogP contribution < -0.4 is 9.47 Å². The van der Waals surface area contributed by atoms with Gasteiger partial charge in [-0.05, 0) is 41.7 Å². The second-order valence-corrected chi connectivity index (χ2v) is 6.66. The third-order valence-corrected chi connectivity index (χ3v) is 5.05. The van der Waals surface area contributed by atoms with Crippen LogP contribution in [-0.2, 0) is 11.2 Å². The predicted octanol–water partition coefficient (Wildman–Crippen LogP) is 4.37. The molecular formula is C22H27NO3. The van der Waals surface area contributed by atoms with Gasteiger partial charge in [-0.2, -0.15) is 0 Å². The Balaban J connectivity index is 2.07. The molecule has 2 aromatic rings. The van der Waals surface area contributed by atoms with Gasteiger partial charge in [0.25, 0.3) is 0 Å². The van der Waals surface area contributed by atoms with Crippen molar-refractivity contribution in [1.29, 1.82) is 0 Å². The van der Waals surface area contributed by atoms with E-state index in [4.69, 9.17) is 9.47 Å². The van der Waals surface area contributed by atoms with Crippen LogP contribution in [0, 0.1) is 0 Å². The number of rotatable bonds is 6. The number of hydrogen-bond donors (Lipinski definition) is 0. The van der Waals surface area contributed by atoms with Gasteiger partial charge in [-0.15, -0.1) is 0 Å². The number of benzene rings is 2. The zero-order chi connectivity index (χ0) is 18.5. The molecule has 4 heteroatoms. The zero-order valence-corrected chi connectivity index (χ0v) is 15.8. The van der Waals surface area contributed by atoms with E-state index in [1.807, 2.05) is 29.2 Å². The van der Waals surface area contributed by atoms with Crippen molar-refractivity contribution in [3.05, 3.63) is 59.2 Å². The van der Waals surface area contributed by atoms with Crippen LogP contribution in [0.1, 0.15) is 48.9 Å². The van der Waals surface area contributed by atoms with Crippen LogP contribution in [0.25, 0.3) is 0 Å². The molecule has 0 N–H and O–H groups in total. The minimum atomic E-state index is -0.0795. The van der Waals surface area contributed by atoms with Crippen molar-refractivity contribution < 1.29 is 14.3 Å². The van der Waals surface area contributed by atoms with Crippen LogP contribution in [0.5, 0.6) is 11.5 Å². The van der Waals surface area contributed by atoms with Gasteiger partial charge in [0.2, 0.25) is 5.91 Å². The van der Waals surface area contributed by atoms with Crippen molar-refractivity contribution in [3.63, 3.8) is 0 Å². The van der Waals surface area contributed by atoms with Gasteiger partial charge in [-0.3, -0.25) is 4.79 Å². The lowest BCUT2D eigenvalue weighted by Gasteiger charge is -2.38. The van der Waals surface area contributed by atoms with Crippen molar-refractivity contribution in [2.24, 2.45) is 0 Å². The summed E-state index contributed by atoms with van der Waals surface area (Å²) >= 11 is 0. The molecule has 0 spiro atoms. The maximum absolute atomic E-state index is 12.9. The van der Waals surface area contributed by atoms with E-state index in [2.05, 4.69) is 25.1 Å². The van der Waals surface area contributed by atoms with E-state index in [0.29, 0.717) is 12.2 Å². The summed E-state index contributed by atoms with van der Waals surface area (Å²) < 4.78 is 11.0. The molecule has 0 saturated heterocycles. The van der Waals surface area contributed by atoms with Crippen LogP contribution in [-0.4, -0.2) is 31.6 Å². The first-order chi connectivity index (χ1) is 12.7. The predicted molar refractivity (Wildman–Crippen MR) is 103 cm³/mol. The Morgan fingerprint density at radius 3 is 2.46 bits per heavy atom. The highest BCUT2D eigenvalue weighted by molar-refractivity contribution is 5.78. The molecule has 0 saturated carbocycles. The Hall–Kier alpha value is -2.49. The quantitative estimate of drug-likeness (QED) is 0.774. The van der Waals surface area contributed by atoms with Gasteiger partial charge in [0.1, 0.15) is 0 Å². The van der Waals surface area contributed by atoms with Crippen molar-refractivity contribution in [1.82, 2.24) is 4.90 Å². The number of carbonyl (C=O) groups excluding carboxylic acids is 1. The lowest BCUT2D eigenvalue weighted by Crippen LogP contribution is -2.40. The molecule has 1 aliphatic heterocycles. The normalized spacial score (nSPS) is 16.1. The van der Waals surface area contributed by atoms with Crippen LogP contribution in [0.4, 0.5) is 0 Å². The van der Waals surface area contributed by atoms with Gasteiger partial charge in [-0.1, -0.05) is 43.7 Å². The van der Waals surface area contributed by atoms with Gasteiger partial charge < -0.3 is 14.4 Å². The average Bonchev–Trinajstić information content (AvgIpc) is 2.70. The summed E-state index contributed by atoms with van der Waals surface area (Å²) in [6.07, 6.45) is 3.38. The summed E-state index contributed by atoms with van der Waals surface area (Å²) in [5, 5.41) is 0. The number of carbonyl (C=O) groups is 1. The van der Waals surface area contributed by atoms with E-state index in [1.54, 1.807) is 14.2 Å². The average molecular weight is 353 g/mol. The first kappa shape index (κ1) is 18.3. The maximum Gasteiger partial charge on any atom is 0.223 e. The van der Waals surface area contributed by atoms with Crippen LogP contribution in [0.3, 0.4) is 0 Å². The first-order valence-corrected chi connectivity index (χ1v) is 9.28. The summed E-state index contributed by atoms with van der Waals surface area (Å²) in [6, 6.07) is 14.3. The van der Waals surface area contributed by atoms with Crippen LogP contribution >= 0.6 is 0 Å². The third kappa shape index (κ3) is 3.55. The Morgan fingerprint density at radius 2 is 1.81 bits per heavy atom. The molecule has 1 atom stereocenters. The molecule has 1 aliphatic rings. The minimum Gasteiger partial charge on any atom is -0.493 e. The lowest BCUT2D eigenvalue weighted by molar-refractivity contribution is -0.133. The van der Waals surface area contributed by atoms with Gasteiger partial charge in [0.15, 0.2) is 11.5 Å². The molecule has 2 aromatic carbocycles. The molecule has 0 unspecified atom stereocenters. The summed E-state index contributed by atoms with van der Waals surface area (Å²) in [5.41, 5.74) is 3.48. The molecule has 4 nitrogen and oxygen atoms in total. The van der Waals surface area contributed by atoms with Gasteiger partial charge in [-0.25, -0.2) is 0 Å². The molecule has 26 heavy (non-hydrogen) atoms. The highest BCUT2D eigenvalue weighted by Gasteiger charge is 2.32. The Bertz CT molecular complexity index is 757.